The summed E-state index contributed by atoms with van der Waals surface area (Å²) in [6.45, 7) is 2.16. The summed E-state index contributed by atoms with van der Waals surface area (Å²) in [5.41, 5.74) is 2.88. The van der Waals surface area contributed by atoms with Crippen LogP contribution < -0.4 is 20.5 Å². The largest absolute Gasteiger partial charge is 0.495 e. The molecular weight excluding hydrogens is 460 g/mol. The number of thioether (sulfide) groups is 1. The molecule has 5 rings (SSSR count). The van der Waals surface area contributed by atoms with Gasteiger partial charge in [-0.3, -0.25) is 14.2 Å². The predicted octanol–water partition coefficient (Wildman–Crippen LogP) is 4.73. The molecule has 178 valence electrons. The number of hydrogen-bond donors (Lipinski definition) is 1. The Balaban J connectivity index is 1.38. The van der Waals surface area contributed by atoms with E-state index in [1.807, 2.05) is 54.6 Å². The van der Waals surface area contributed by atoms with E-state index < -0.39 is 0 Å². The van der Waals surface area contributed by atoms with Gasteiger partial charge in [0, 0.05) is 24.5 Å². The molecule has 0 unspecified atom stereocenters. The van der Waals surface area contributed by atoms with Gasteiger partial charge in [-0.15, -0.1) is 0 Å². The first-order chi connectivity index (χ1) is 17.1. The average Bonchev–Trinajstić information content (AvgIpc) is 3.43. The molecule has 1 amide bonds. The second-order valence-corrected chi connectivity index (χ2v) is 9.24. The van der Waals surface area contributed by atoms with Crippen LogP contribution in [0, 0.1) is 0 Å². The molecule has 0 saturated carbocycles. The van der Waals surface area contributed by atoms with Crippen LogP contribution >= 0.6 is 11.8 Å². The Morgan fingerprint density at radius 1 is 1.00 bits per heavy atom. The molecule has 0 aliphatic carbocycles. The van der Waals surface area contributed by atoms with E-state index in [0.29, 0.717) is 27.5 Å². The number of benzene rings is 3. The van der Waals surface area contributed by atoms with E-state index in [0.717, 1.165) is 18.8 Å². The van der Waals surface area contributed by atoms with Crippen LogP contribution in [0.3, 0.4) is 0 Å². The minimum absolute atomic E-state index is 0.105. The molecule has 1 aliphatic heterocycles. The zero-order chi connectivity index (χ0) is 24.2. The van der Waals surface area contributed by atoms with Gasteiger partial charge in [-0.2, -0.15) is 0 Å². The summed E-state index contributed by atoms with van der Waals surface area (Å²) in [7, 11) is 1.56. The molecule has 2 heterocycles. The summed E-state index contributed by atoms with van der Waals surface area (Å²) in [5.74, 6) is 0.488. The molecule has 0 radical (unpaired) electrons. The number of nitrogens with one attached hydrogen (secondary N) is 1. The highest BCUT2D eigenvalue weighted by Gasteiger charge is 2.18. The third-order valence-electron chi connectivity index (χ3n) is 6.03. The van der Waals surface area contributed by atoms with Gasteiger partial charge < -0.3 is 15.0 Å². The smallest absolute Gasteiger partial charge is 0.266 e. The minimum atomic E-state index is -0.208. The molecule has 0 atom stereocenters. The van der Waals surface area contributed by atoms with E-state index >= 15 is 0 Å². The first-order valence-corrected chi connectivity index (χ1v) is 12.6. The van der Waals surface area contributed by atoms with Crippen molar-refractivity contribution in [3.8, 4) is 11.4 Å². The van der Waals surface area contributed by atoms with Crippen molar-refractivity contribution >= 4 is 39.9 Å². The van der Waals surface area contributed by atoms with Crippen molar-refractivity contribution in [3.05, 3.63) is 83.2 Å². The molecule has 0 spiro atoms. The van der Waals surface area contributed by atoms with Gasteiger partial charge in [0.15, 0.2) is 5.16 Å². The van der Waals surface area contributed by atoms with Crippen molar-refractivity contribution < 1.29 is 9.53 Å². The summed E-state index contributed by atoms with van der Waals surface area (Å²) in [6.07, 6.45) is 2.44. The molecule has 35 heavy (non-hydrogen) atoms. The zero-order valence-electron chi connectivity index (χ0n) is 19.4. The summed E-state index contributed by atoms with van der Waals surface area (Å²) in [4.78, 5) is 33.3. The Kier molecular flexibility index (Phi) is 6.72. The number of aromatic nitrogens is 2. The molecule has 1 N–H and O–H groups in total. The molecule has 1 fully saturated rings. The van der Waals surface area contributed by atoms with Gasteiger partial charge in [0.25, 0.3) is 5.56 Å². The maximum absolute atomic E-state index is 13.4. The number of rotatable bonds is 7. The third-order valence-corrected chi connectivity index (χ3v) is 6.96. The highest BCUT2D eigenvalue weighted by Crippen LogP contribution is 2.27. The van der Waals surface area contributed by atoms with E-state index in [4.69, 9.17) is 9.72 Å². The maximum Gasteiger partial charge on any atom is 0.266 e. The Hall–Kier alpha value is -3.78. The standard InChI is InChI=1S/C27H26N4O3S/c1-34-24-11-5-4-10-23(24)31-26(33)21-8-2-3-9-22(21)29-27(31)35-18-25(32)28-19-12-14-20(15-13-19)30-16-6-7-17-30/h2-5,8-15H,6-7,16-18H2,1H3,(H,28,32). The molecule has 0 bridgehead atoms. The predicted molar refractivity (Wildman–Crippen MR) is 141 cm³/mol. The quantitative estimate of drug-likeness (QED) is 0.301. The molecule has 1 aliphatic rings. The van der Waals surface area contributed by atoms with Gasteiger partial charge in [0.1, 0.15) is 5.75 Å². The second kappa shape index (κ2) is 10.2. The van der Waals surface area contributed by atoms with Crippen LogP contribution in [-0.2, 0) is 4.79 Å². The maximum atomic E-state index is 13.4. The highest BCUT2D eigenvalue weighted by atomic mass is 32.2. The first-order valence-electron chi connectivity index (χ1n) is 11.6. The lowest BCUT2D eigenvalue weighted by Gasteiger charge is -2.18. The lowest BCUT2D eigenvalue weighted by atomic mass is 10.2. The summed E-state index contributed by atoms with van der Waals surface area (Å²) >= 11 is 1.22. The number of carbonyl (C=O) groups is 1. The Bertz CT molecular complexity index is 1410. The number of amides is 1. The number of hydrogen-bond acceptors (Lipinski definition) is 6. The van der Waals surface area contributed by atoms with Crippen LogP contribution in [0.5, 0.6) is 5.75 Å². The second-order valence-electron chi connectivity index (χ2n) is 8.30. The number of anilines is 2. The minimum Gasteiger partial charge on any atom is -0.495 e. The highest BCUT2D eigenvalue weighted by molar-refractivity contribution is 7.99. The Morgan fingerprint density at radius 2 is 1.71 bits per heavy atom. The SMILES string of the molecule is COc1ccccc1-n1c(SCC(=O)Nc2ccc(N3CCCC3)cc2)nc2ccccc2c1=O. The summed E-state index contributed by atoms with van der Waals surface area (Å²) in [6, 6.07) is 22.4. The number of ether oxygens (including phenoxy) is 1. The van der Waals surface area contributed by atoms with Crippen molar-refractivity contribution in [2.45, 2.75) is 18.0 Å². The molecular formula is C27H26N4O3S. The first kappa shape index (κ1) is 23.0. The van der Waals surface area contributed by atoms with Crippen molar-refractivity contribution in [2.75, 3.05) is 36.2 Å². The van der Waals surface area contributed by atoms with E-state index in [9.17, 15) is 9.59 Å². The number of methoxy groups -OCH3 is 1. The van der Waals surface area contributed by atoms with Gasteiger partial charge in [-0.25, -0.2) is 4.98 Å². The van der Waals surface area contributed by atoms with Crippen LogP contribution in [0.1, 0.15) is 12.8 Å². The lowest BCUT2D eigenvalue weighted by Crippen LogP contribution is -2.23. The third kappa shape index (κ3) is 4.88. The van der Waals surface area contributed by atoms with Gasteiger partial charge in [-0.1, -0.05) is 36.0 Å². The number of para-hydroxylation sites is 3. The number of nitrogens with zero attached hydrogens (tertiary/aromatic N) is 3. The molecule has 4 aromatic rings. The van der Waals surface area contributed by atoms with Gasteiger partial charge in [0.2, 0.25) is 5.91 Å². The van der Waals surface area contributed by atoms with Crippen LogP contribution in [-0.4, -0.2) is 41.4 Å². The van der Waals surface area contributed by atoms with Crippen molar-refractivity contribution in [2.24, 2.45) is 0 Å². The van der Waals surface area contributed by atoms with Crippen LogP contribution in [0.4, 0.5) is 11.4 Å². The summed E-state index contributed by atoms with van der Waals surface area (Å²) < 4.78 is 7.01. The van der Waals surface area contributed by atoms with Crippen LogP contribution in [0.15, 0.2) is 82.7 Å². The number of fused-ring (bicyclic) bond motifs is 1. The molecule has 7 nitrogen and oxygen atoms in total. The van der Waals surface area contributed by atoms with E-state index in [1.54, 1.807) is 25.3 Å². The average molecular weight is 487 g/mol. The normalized spacial score (nSPS) is 13.2. The fraction of sp³-hybridized carbons (Fsp3) is 0.222. The van der Waals surface area contributed by atoms with E-state index in [1.165, 1.54) is 34.9 Å². The van der Waals surface area contributed by atoms with Gasteiger partial charge in [-0.05, 0) is 61.4 Å². The lowest BCUT2D eigenvalue weighted by molar-refractivity contribution is -0.113. The van der Waals surface area contributed by atoms with Gasteiger partial charge >= 0.3 is 0 Å². The summed E-state index contributed by atoms with van der Waals surface area (Å²) in [5, 5.41) is 3.88. The van der Waals surface area contributed by atoms with Crippen LogP contribution in [0.2, 0.25) is 0 Å². The molecule has 3 aromatic carbocycles. The molecule has 1 aromatic heterocycles. The Morgan fingerprint density at radius 3 is 2.49 bits per heavy atom. The van der Waals surface area contributed by atoms with E-state index in [-0.39, 0.29) is 17.2 Å². The Labute approximate surface area is 207 Å². The monoisotopic (exact) mass is 486 g/mol. The van der Waals surface area contributed by atoms with Crippen molar-refractivity contribution in [3.63, 3.8) is 0 Å². The van der Waals surface area contributed by atoms with E-state index in [2.05, 4.69) is 10.2 Å². The molecule has 1 saturated heterocycles. The molecule has 8 heteroatoms. The number of carbonyl (C=O) groups excluding carboxylic acids is 1. The van der Waals surface area contributed by atoms with Crippen LogP contribution in [0.25, 0.3) is 16.6 Å². The topological polar surface area (TPSA) is 76.5 Å². The van der Waals surface area contributed by atoms with Crippen molar-refractivity contribution in [1.82, 2.24) is 9.55 Å². The zero-order valence-corrected chi connectivity index (χ0v) is 20.3. The fourth-order valence-corrected chi connectivity index (χ4v) is 5.10. The van der Waals surface area contributed by atoms with Gasteiger partial charge in [0.05, 0.1) is 29.5 Å². The fourth-order valence-electron chi connectivity index (χ4n) is 4.29. The van der Waals surface area contributed by atoms with Crippen molar-refractivity contribution in [1.29, 1.82) is 0 Å².